The monoisotopic (exact) mass is 400 g/mol. The van der Waals surface area contributed by atoms with Gasteiger partial charge in [-0.25, -0.2) is 4.79 Å². The summed E-state index contributed by atoms with van der Waals surface area (Å²) in [6.07, 6.45) is 2.65. The van der Waals surface area contributed by atoms with E-state index in [-0.39, 0.29) is 22.2 Å². The van der Waals surface area contributed by atoms with E-state index in [1.807, 2.05) is 0 Å². The Balaban J connectivity index is 1.94. The van der Waals surface area contributed by atoms with Gasteiger partial charge in [0, 0.05) is 4.90 Å². The van der Waals surface area contributed by atoms with Crippen LogP contribution < -0.4 is 5.32 Å². The first-order valence-corrected chi connectivity index (χ1v) is 9.26. The highest BCUT2D eigenvalue weighted by atomic mass is 32.2. The molecular formula is C18H19F3N2O3S. The van der Waals surface area contributed by atoms with Gasteiger partial charge in [0.15, 0.2) is 6.10 Å². The summed E-state index contributed by atoms with van der Waals surface area (Å²) in [5.74, 6) is -1.40. The third-order valence-corrected chi connectivity index (χ3v) is 5.00. The van der Waals surface area contributed by atoms with Crippen molar-refractivity contribution in [3.63, 3.8) is 0 Å². The second-order valence-corrected chi connectivity index (χ2v) is 7.50. The fraction of sp³-hybridized carbons (Fsp3) is 0.500. The third-order valence-electron chi connectivity index (χ3n) is 4.26. The summed E-state index contributed by atoms with van der Waals surface area (Å²) >= 11 is -0.285. The SMILES string of the molecule is C[C@H](OC(=O)c1ccc(SC(F)(F)F)cc1)C(=O)NC1(C#N)CCCCC1. The van der Waals surface area contributed by atoms with E-state index in [0.717, 1.165) is 31.4 Å². The summed E-state index contributed by atoms with van der Waals surface area (Å²) in [7, 11) is 0. The maximum absolute atomic E-state index is 12.3. The Morgan fingerprint density at radius 3 is 2.33 bits per heavy atom. The van der Waals surface area contributed by atoms with Gasteiger partial charge in [0.05, 0.1) is 11.6 Å². The van der Waals surface area contributed by atoms with Gasteiger partial charge in [-0.05, 0) is 55.8 Å². The van der Waals surface area contributed by atoms with Gasteiger partial charge in [-0.3, -0.25) is 4.79 Å². The number of rotatable bonds is 5. The number of nitriles is 1. The standard InChI is InChI=1S/C18H19F3N2O3S/c1-12(15(24)23-17(11-22)9-3-2-4-10-17)26-16(25)13-5-7-14(8-6-13)27-18(19,20)21/h5-8,12H,2-4,9-10H2,1H3,(H,23,24)/t12-/m0/s1. The maximum Gasteiger partial charge on any atom is 0.446 e. The average molecular weight is 400 g/mol. The van der Waals surface area contributed by atoms with Crippen LogP contribution in [-0.2, 0) is 9.53 Å². The summed E-state index contributed by atoms with van der Waals surface area (Å²) in [4.78, 5) is 24.3. The fourth-order valence-corrected chi connectivity index (χ4v) is 3.37. The fourth-order valence-electron chi connectivity index (χ4n) is 2.83. The number of hydrogen-bond donors (Lipinski definition) is 1. The first-order valence-electron chi connectivity index (χ1n) is 8.44. The molecule has 1 aliphatic carbocycles. The Kier molecular flexibility index (Phi) is 6.76. The molecule has 146 valence electrons. The molecule has 1 aromatic carbocycles. The highest BCUT2D eigenvalue weighted by Gasteiger charge is 2.35. The van der Waals surface area contributed by atoms with Crippen molar-refractivity contribution in [1.29, 1.82) is 5.26 Å². The molecule has 1 atom stereocenters. The van der Waals surface area contributed by atoms with Crippen molar-refractivity contribution in [3.8, 4) is 6.07 Å². The van der Waals surface area contributed by atoms with Gasteiger partial charge in [0.25, 0.3) is 5.91 Å². The topological polar surface area (TPSA) is 79.2 Å². The van der Waals surface area contributed by atoms with E-state index in [4.69, 9.17) is 4.74 Å². The predicted molar refractivity (Wildman–Crippen MR) is 92.8 cm³/mol. The number of benzene rings is 1. The zero-order valence-corrected chi connectivity index (χ0v) is 15.5. The third kappa shape index (κ3) is 6.17. The van der Waals surface area contributed by atoms with Gasteiger partial charge in [-0.2, -0.15) is 18.4 Å². The number of carbonyl (C=O) groups is 2. The lowest BCUT2D eigenvalue weighted by Crippen LogP contribution is -2.52. The van der Waals surface area contributed by atoms with Crippen LogP contribution in [0.1, 0.15) is 49.4 Å². The van der Waals surface area contributed by atoms with Gasteiger partial charge >= 0.3 is 11.5 Å². The Labute approximate surface area is 159 Å². The summed E-state index contributed by atoms with van der Waals surface area (Å²) in [5.41, 5.74) is -5.31. The Hall–Kier alpha value is -2.21. The van der Waals surface area contributed by atoms with E-state index in [2.05, 4.69) is 11.4 Å². The van der Waals surface area contributed by atoms with Crippen LogP contribution in [0.25, 0.3) is 0 Å². The van der Waals surface area contributed by atoms with Gasteiger partial charge in [-0.15, -0.1) is 0 Å². The maximum atomic E-state index is 12.3. The van der Waals surface area contributed by atoms with E-state index < -0.39 is 29.0 Å². The molecule has 0 bridgehead atoms. The molecule has 0 aromatic heterocycles. The Morgan fingerprint density at radius 1 is 1.22 bits per heavy atom. The molecule has 2 rings (SSSR count). The number of carbonyl (C=O) groups excluding carboxylic acids is 2. The van der Waals surface area contributed by atoms with Gasteiger partial charge in [0.2, 0.25) is 0 Å². The molecule has 1 saturated carbocycles. The number of hydrogen-bond acceptors (Lipinski definition) is 5. The largest absolute Gasteiger partial charge is 0.449 e. The molecule has 9 heteroatoms. The van der Waals surface area contributed by atoms with Crippen LogP contribution in [-0.4, -0.2) is 29.0 Å². The molecule has 0 radical (unpaired) electrons. The van der Waals surface area contributed by atoms with Crippen molar-refractivity contribution in [2.45, 2.75) is 61.1 Å². The zero-order valence-electron chi connectivity index (χ0n) is 14.6. The number of halogens is 3. The van der Waals surface area contributed by atoms with Crippen molar-refractivity contribution >= 4 is 23.6 Å². The minimum atomic E-state index is -4.41. The van der Waals surface area contributed by atoms with Crippen molar-refractivity contribution in [1.82, 2.24) is 5.32 Å². The molecule has 27 heavy (non-hydrogen) atoms. The van der Waals surface area contributed by atoms with Crippen LogP contribution in [0, 0.1) is 11.3 Å². The molecular weight excluding hydrogens is 381 g/mol. The molecule has 0 heterocycles. The lowest BCUT2D eigenvalue weighted by molar-refractivity contribution is -0.130. The van der Waals surface area contributed by atoms with E-state index in [1.54, 1.807) is 0 Å². The van der Waals surface area contributed by atoms with Gasteiger partial charge in [0.1, 0.15) is 5.54 Å². The van der Waals surface area contributed by atoms with Crippen molar-refractivity contribution in [2.75, 3.05) is 0 Å². The van der Waals surface area contributed by atoms with Crippen LogP contribution in [0.3, 0.4) is 0 Å². The van der Waals surface area contributed by atoms with Crippen LogP contribution in [0.5, 0.6) is 0 Å². The normalized spacial score (nSPS) is 17.4. The number of amides is 1. The van der Waals surface area contributed by atoms with Crippen LogP contribution in [0.15, 0.2) is 29.2 Å². The molecule has 0 unspecified atom stereocenters. The van der Waals surface area contributed by atoms with E-state index in [1.165, 1.54) is 19.1 Å². The first-order chi connectivity index (χ1) is 12.6. The van der Waals surface area contributed by atoms with Crippen LogP contribution in [0.4, 0.5) is 13.2 Å². The van der Waals surface area contributed by atoms with Crippen molar-refractivity contribution in [2.24, 2.45) is 0 Å². The highest BCUT2D eigenvalue weighted by molar-refractivity contribution is 8.00. The van der Waals surface area contributed by atoms with Crippen LogP contribution in [0.2, 0.25) is 0 Å². The second kappa shape index (κ2) is 8.65. The molecule has 5 nitrogen and oxygen atoms in total. The zero-order chi connectivity index (χ0) is 20.1. The Bertz CT molecular complexity index is 723. The first kappa shape index (κ1) is 21.1. The smallest absolute Gasteiger partial charge is 0.446 e. The lowest BCUT2D eigenvalue weighted by Gasteiger charge is -2.32. The number of thioether (sulfide) groups is 1. The molecule has 1 N–H and O–H groups in total. The van der Waals surface area contributed by atoms with E-state index in [0.29, 0.717) is 12.8 Å². The summed E-state index contributed by atoms with van der Waals surface area (Å²) in [5, 5.41) is 12.1. The van der Waals surface area contributed by atoms with Crippen molar-refractivity contribution < 1.29 is 27.5 Å². The average Bonchev–Trinajstić information content (AvgIpc) is 2.61. The van der Waals surface area contributed by atoms with Crippen LogP contribution >= 0.6 is 11.8 Å². The summed E-state index contributed by atoms with van der Waals surface area (Å²) in [6, 6.07) is 6.88. The molecule has 1 aromatic rings. The molecule has 1 amide bonds. The Morgan fingerprint density at radius 2 is 1.81 bits per heavy atom. The van der Waals surface area contributed by atoms with E-state index >= 15 is 0 Å². The minimum Gasteiger partial charge on any atom is -0.449 e. The molecule has 1 aliphatic rings. The molecule has 0 saturated heterocycles. The molecule has 0 spiro atoms. The minimum absolute atomic E-state index is 0.0360. The van der Waals surface area contributed by atoms with Crippen molar-refractivity contribution in [3.05, 3.63) is 29.8 Å². The molecule has 1 fully saturated rings. The lowest BCUT2D eigenvalue weighted by atomic mass is 9.83. The van der Waals surface area contributed by atoms with Gasteiger partial charge < -0.3 is 10.1 Å². The number of ether oxygens (including phenoxy) is 1. The summed E-state index contributed by atoms with van der Waals surface area (Å²) < 4.78 is 42.0. The summed E-state index contributed by atoms with van der Waals surface area (Å²) in [6.45, 7) is 1.38. The number of nitrogens with zero attached hydrogens (tertiary/aromatic N) is 1. The second-order valence-electron chi connectivity index (χ2n) is 6.36. The van der Waals surface area contributed by atoms with E-state index in [9.17, 15) is 28.0 Å². The predicted octanol–water partition coefficient (Wildman–Crippen LogP) is 4.19. The van der Waals surface area contributed by atoms with Gasteiger partial charge in [-0.1, -0.05) is 19.3 Å². The highest BCUT2D eigenvalue weighted by Crippen LogP contribution is 2.36. The number of alkyl halides is 3. The number of esters is 1. The number of nitrogens with one attached hydrogen (secondary N) is 1. The molecule has 0 aliphatic heterocycles. The quantitative estimate of drug-likeness (QED) is 0.592.